The van der Waals surface area contributed by atoms with Gasteiger partial charge in [-0.2, -0.15) is 0 Å². The summed E-state index contributed by atoms with van der Waals surface area (Å²) in [6.07, 6.45) is 3.68. The maximum absolute atomic E-state index is 12.8. The van der Waals surface area contributed by atoms with Gasteiger partial charge in [-0.05, 0) is 50.3 Å². The minimum absolute atomic E-state index is 0.0428. The molecule has 3 rings (SSSR count). The molecule has 1 aromatic carbocycles. The van der Waals surface area contributed by atoms with E-state index in [2.05, 4.69) is 5.32 Å². The Labute approximate surface area is 154 Å². The fraction of sp³-hybridized carbons (Fsp3) is 0.600. The Hall–Kier alpha value is -2.08. The van der Waals surface area contributed by atoms with Gasteiger partial charge in [0.25, 0.3) is 0 Å². The molecule has 1 saturated heterocycles. The number of nitrogens with zero attached hydrogens (tertiary/aromatic N) is 1. The van der Waals surface area contributed by atoms with Gasteiger partial charge >= 0.3 is 0 Å². The summed E-state index contributed by atoms with van der Waals surface area (Å²) in [7, 11) is 1.63. The van der Waals surface area contributed by atoms with Crippen molar-refractivity contribution in [2.45, 2.75) is 32.6 Å². The number of hydrogen-bond acceptors (Lipinski definition) is 4. The Bertz CT molecular complexity index is 657. The van der Waals surface area contributed by atoms with Crippen LogP contribution in [0.25, 0.3) is 0 Å². The van der Waals surface area contributed by atoms with Crippen LogP contribution in [0.15, 0.2) is 18.2 Å². The molecule has 1 saturated carbocycles. The van der Waals surface area contributed by atoms with Crippen molar-refractivity contribution >= 4 is 17.5 Å². The predicted molar refractivity (Wildman–Crippen MR) is 99.2 cm³/mol. The number of carbonyl (C=O) groups is 2. The largest absolute Gasteiger partial charge is 0.489 e. The maximum Gasteiger partial charge on any atom is 0.229 e. The van der Waals surface area contributed by atoms with Crippen LogP contribution in [0.1, 0.15) is 31.2 Å². The normalized spacial score (nSPS) is 19.9. The molecule has 0 spiro atoms. The average molecular weight is 360 g/mol. The number of amides is 2. The number of aryl methyl sites for hydroxylation is 1. The van der Waals surface area contributed by atoms with E-state index >= 15 is 0 Å². The summed E-state index contributed by atoms with van der Waals surface area (Å²) in [6.45, 7) is 4.19. The SMILES string of the molecule is COCCOc1cc(C)ccc1NC(=O)C1CCCN(C(=O)C2CC2)C1. The number of ether oxygens (including phenoxy) is 2. The van der Waals surface area contributed by atoms with Gasteiger partial charge in [0.2, 0.25) is 11.8 Å². The Kier molecular flexibility index (Phi) is 6.14. The van der Waals surface area contributed by atoms with Crippen molar-refractivity contribution in [3.05, 3.63) is 23.8 Å². The molecule has 1 aromatic rings. The van der Waals surface area contributed by atoms with E-state index in [0.717, 1.165) is 37.8 Å². The number of anilines is 1. The zero-order valence-corrected chi connectivity index (χ0v) is 15.6. The highest BCUT2D eigenvalue weighted by molar-refractivity contribution is 5.94. The van der Waals surface area contributed by atoms with Crippen LogP contribution in [0.5, 0.6) is 5.75 Å². The van der Waals surface area contributed by atoms with Crippen molar-refractivity contribution < 1.29 is 19.1 Å². The van der Waals surface area contributed by atoms with E-state index in [1.165, 1.54) is 0 Å². The van der Waals surface area contributed by atoms with Crippen molar-refractivity contribution in [3.8, 4) is 5.75 Å². The van der Waals surface area contributed by atoms with E-state index in [9.17, 15) is 9.59 Å². The van der Waals surface area contributed by atoms with Gasteiger partial charge in [-0.1, -0.05) is 6.07 Å². The molecule has 6 nitrogen and oxygen atoms in total. The molecule has 0 radical (unpaired) electrons. The molecule has 1 aliphatic carbocycles. The number of likely N-dealkylation sites (tertiary alicyclic amines) is 1. The summed E-state index contributed by atoms with van der Waals surface area (Å²) < 4.78 is 10.8. The van der Waals surface area contributed by atoms with Gasteiger partial charge in [0, 0.05) is 26.1 Å². The zero-order valence-electron chi connectivity index (χ0n) is 15.6. The van der Waals surface area contributed by atoms with Crippen LogP contribution in [-0.4, -0.2) is 50.1 Å². The predicted octanol–water partition coefficient (Wildman–Crippen LogP) is 2.61. The lowest BCUT2D eigenvalue weighted by atomic mass is 9.96. The van der Waals surface area contributed by atoms with Gasteiger partial charge in [-0.15, -0.1) is 0 Å². The van der Waals surface area contributed by atoms with Crippen LogP contribution in [0, 0.1) is 18.8 Å². The molecule has 2 fully saturated rings. The van der Waals surface area contributed by atoms with Crippen molar-refractivity contribution in [1.82, 2.24) is 4.90 Å². The highest BCUT2D eigenvalue weighted by Gasteiger charge is 2.36. The smallest absolute Gasteiger partial charge is 0.229 e. The van der Waals surface area contributed by atoms with E-state index in [0.29, 0.717) is 31.2 Å². The molecule has 1 atom stereocenters. The highest BCUT2D eigenvalue weighted by Crippen LogP contribution is 2.33. The van der Waals surface area contributed by atoms with E-state index < -0.39 is 0 Å². The van der Waals surface area contributed by atoms with E-state index in [-0.39, 0.29) is 23.7 Å². The first-order chi connectivity index (χ1) is 12.6. The summed E-state index contributed by atoms with van der Waals surface area (Å²) in [5, 5.41) is 3.00. The number of carbonyl (C=O) groups excluding carboxylic acids is 2. The molecule has 2 amide bonds. The van der Waals surface area contributed by atoms with Crippen molar-refractivity contribution in [1.29, 1.82) is 0 Å². The van der Waals surface area contributed by atoms with E-state index in [1.54, 1.807) is 7.11 Å². The van der Waals surface area contributed by atoms with Crippen LogP contribution in [0.3, 0.4) is 0 Å². The third-order valence-corrected chi connectivity index (χ3v) is 4.97. The second-order valence-electron chi connectivity index (χ2n) is 7.23. The average Bonchev–Trinajstić information content (AvgIpc) is 3.48. The molecule has 0 bridgehead atoms. The monoisotopic (exact) mass is 360 g/mol. The second kappa shape index (κ2) is 8.54. The molecular weight excluding hydrogens is 332 g/mol. The van der Waals surface area contributed by atoms with Gasteiger partial charge in [-0.25, -0.2) is 0 Å². The number of hydrogen-bond donors (Lipinski definition) is 1. The maximum atomic E-state index is 12.8. The molecule has 6 heteroatoms. The van der Waals surface area contributed by atoms with E-state index in [1.807, 2.05) is 30.0 Å². The molecule has 142 valence electrons. The lowest BCUT2D eigenvalue weighted by Gasteiger charge is -2.32. The van der Waals surface area contributed by atoms with Crippen molar-refractivity contribution in [2.24, 2.45) is 11.8 Å². The van der Waals surface area contributed by atoms with Crippen LogP contribution in [0.2, 0.25) is 0 Å². The second-order valence-corrected chi connectivity index (χ2v) is 7.23. The van der Waals surface area contributed by atoms with E-state index in [4.69, 9.17) is 9.47 Å². The number of nitrogens with one attached hydrogen (secondary N) is 1. The first-order valence-corrected chi connectivity index (χ1v) is 9.40. The molecule has 2 aliphatic rings. The molecule has 1 aliphatic heterocycles. The lowest BCUT2D eigenvalue weighted by molar-refractivity contribution is -0.135. The van der Waals surface area contributed by atoms with Crippen LogP contribution >= 0.6 is 0 Å². The first kappa shape index (κ1) is 18.7. The summed E-state index contributed by atoms with van der Waals surface area (Å²) in [4.78, 5) is 26.9. The molecule has 1 heterocycles. The molecular formula is C20H28N2O4. The topological polar surface area (TPSA) is 67.9 Å². The van der Waals surface area contributed by atoms with Gasteiger partial charge in [0.05, 0.1) is 18.2 Å². The number of piperidine rings is 1. The van der Waals surface area contributed by atoms with Crippen LogP contribution in [-0.2, 0) is 14.3 Å². The van der Waals surface area contributed by atoms with Gasteiger partial charge in [-0.3, -0.25) is 9.59 Å². The minimum Gasteiger partial charge on any atom is -0.489 e. The van der Waals surface area contributed by atoms with Gasteiger partial charge in [0.15, 0.2) is 0 Å². The number of methoxy groups -OCH3 is 1. The Morgan fingerprint density at radius 2 is 2.00 bits per heavy atom. The Morgan fingerprint density at radius 1 is 1.19 bits per heavy atom. The third-order valence-electron chi connectivity index (χ3n) is 4.97. The summed E-state index contributed by atoms with van der Waals surface area (Å²) in [5.41, 5.74) is 1.73. The Balaban J connectivity index is 1.62. The lowest BCUT2D eigenvalue weighted by Crippen LogP contribution is -2.44. The fourth-order valence-corrected chi connectivity index (χ4v) is 3.30. The van der Waals surface area contributed by atoms with Crippen LogP contribution < -0.4 is 10.1 Å². The molecule has 26 heavy (non-hydrogen) atoms. The standard InChI is InChI=1S/C20H28N2O4/c1-14-5-8-17(18(12-14)26-11-10-25-2)21-19(23)16-4-3-9-22(13-16)20(24)15-6-7-15/h5,8,12,15-16H,3-4,6-7,9-11,13H2,1-2H3,(H,21,23). The molecule has 1 unspecified atom stereocenters. The summed E-state index contributed by atoms with van der Waals surface area (Å²) in [6, 6.07) is 5.73. The number of benzene rings is 1. The minimum atomic E-state index is -0.167. The zero-order chi connectivity index (χ0) is 18.5. The Morgan fingerprint density at radius 3 is 2.73 bits per heavy atom. The van der Waals surface area contributed by atoms with Gasteiger partial charge < -0.3 is 19.7 Å². The quantitative estimate of drug-likeness (QED) is 0.759. The first-order valence-electron chi connectivity index (χ1n) is 9.40. The fourth-order valence-electron chi connectivity index (χ4n) is 3.30. The highest BCUT2D eigenvalue weighted by atomic mass is 16.5. The molecule has 0 aromatic heterocycles. The number of rotatable bonds is 7. The molecule has 1 N–H and O–H groups in total. The van der Waals surface area contributed by atoms with Gasteiger partial charge in [0.1, 0.15) is 12.4 Å². The van der Waals surface area contributed by atoms with Crippen molar-refractivity contribution in [2.75, 3.05) is 38.7 Å². The van der Waals surface area contributed by atoms with Crippen LogP contribution in [0.4, 0.5) is 5.69 Å². The summed E-state index contributed by atoms with van der Waals surface area (Å²) >= 11 is 0. The summed E-state index contributed by atoms with van der Waals surface area (Å²) in [5.74, 6) is 0.867. The third kappa shape index (κ3) is 4.75. The van der Waals surface area contributed by atoms with Crippen molar-refractivity contribution in [3.63, 3.8) is 0 Å².